The standard InChI is InChI=1S/C22H33N3O2S2/c1-3-16-9-7-8-12-24(16)19(26)14-28-22-23-18-13-15(2)29-20(18)21(27)25(22)17-10-5-4-6-11-17/h15-17H,3-14H2,1-2H3. The van der Waals surface area contributed by atoms with Gasteiger partial charge >= 0.3 is 0 Å². The van der Waals surface area contributed by atoms with Crippen LogP contribution < -0.4 is 5.56 Å². The van der Waals surface area contributed by atoms with Crippen molar-refractivity contribution >= 4 is 29.4 Å². The highest BCUT2D eigenvalue weighted by Crippen LogP contribution is 2.37. The number of likely N-dealkylation sites (tertiary alicyclic amines) is 1. The fraction of sp³-hybridized carbons (Fsp3) is 0.773. The maximum Gasteiger partial charge on any atom is 0.268 e. The summed E-state index contributed by atoms with van der Waals surface area (Å²) < 4.78 is 1.95. The highest BCUT2D eigenvalue weighted by molar-refractivity contribution is 8.00. The van der Waals surface area contributed by atoms with Gasteiger partial charge in [-0.05, 0) is 38.5 Å². The Morgan fingerprint density at radius 1 is 1.17 bits per heavy atom. The molecule has 1 aromatic heterocycles. The van der Waals surface area contributed by atoms with Crippen molar-refractivity contribution in [2.24, 2.45) is 0 Å². The third-order valence-electron chi connectivity index (χ3n) is 6.59. The minimum Gasteiger partial charge on any atom is -0.339 e. The van der Waals surface area contributed by atoms with E-state index in [0.717, 1.165) is 60.8 Å². The average Bonchev–Trinajstić information content (AvgIpc) is 3.13. The summed E-state index contributed by atoms with van der Waals surface area (Å²) in [6.45, 7) is 5.21. The molecule has 29 heavy (non-hydrogen) atoms. The van der Waals surface area contributed by atoms with Gasteiger partial charge in [-0.2, -0.15) is 0 Å². The first-order valence-corrected chi connectivity index (χ1v) is 13.2. The number of piperidine rings is 1. The van der Waals surface area contributed by atoms with Crippen LogP contribution in [0.25, 0.3) is 0 Å². The van der Waals surface area contributed by atoms with Crippen molar-refractivity contribution in [1.29, 1.82) is 0 Å². The second kappa shape index (κ2) is 9.46. The first-order chi connectivity index (χ1) is 14.1. The minimum atomic E-state index is 0.135. The molecule has 0 radical (unpaired) electrons. The van der Waals surface area contributed by atoms with Crippen LogP contribution >= 0.6 is 23.5 Å². The Labute approximate surface area is 182 Å². The van der Waals surface area contributed by atoms with E-state index in [1.165, 1.54) is 37.4 Å². The van der Waals surface area contributed by atoms with Gasteiger partial charge in [0.25, 0.3) is 5.56 Å². The third-order valence-corrected chi connectivity index (χ3v) is 8.75. The Hall–Kier alpha value is -0.950. The molecule has 2 atom stereocenters. The van der Waals surface area contributed by atoms with Gasteiger partial charge in [-0.3, -0.25) is 14.2 Å². The SMILES string of the molecule is CCC1CCCCN1C(=O)CSc1nc2c(c(=O)n1C1CCCCC1)SC(C)C2. The van der Waals surface area contributed by atoms with Crippen molar-refractivity contribution < 1.29 is 4.79 Å². The van der Waals surface area contributed by atoms with Crippen LogP contribution in [-0.2, 0) is 11.2 Å². The molecule has 1 aliphatic carbocycles. The molecule has 1 aromatic rings. The summed E-state index contributed by atoms with van der Waals surface area (Å²) in [5, 5.41) is 1.18. The summed E-state index contributed by atoms with van der Waals surface area (Å²) in [7, 11) is 0. The van der Waals surface area contributed by atoms with Crippen molar-refractivity contribution in [2.45, 2.75) is 105 Å². The lowest BCUT2D eigenvalue weighted by atomic mass is 9.95. The van der Waals surface area contributed by atoms with Gasteiger partial charge in [0, 0.05) is 30.3 Å². The van der Waals surface area contributed by atoms with Crippen molar-refractivity contribution in [3.05, 3.63) is 16.0 Å². The number of fused-ring (bicyclic) bond motifs is 1. The maximum atomic E-state index is 13.4. The molecule has 0 N–H and O–H groups in total. The van der Waals surface area contributed by atoms with Gasteiger partial charge in [0.05, 0.1) is 16.3 Å². The highest BCUT2D eigenvalue weighted by Gasteiger charge is 2.30. The zero-order chi connectivity index (χ0) is 20.4. The van der Waals surface area contributed by atoms with Gasteiger partial charge in [0.1, 0.15) is 0 Å². The van der Waals surface area contributed by atoms with Crippen molar-refractivity contribution in [3.8, 4) is 0 Å². The monoisotopic (exact) mass is 435 g/mol. The molecule has 1 amide bonds. The Morgan fingerprint density at radius 2 is 1.93 bits per heavy atom. The van der Waals surface area contributed by atoms with Crippen LogP contribution in [0.5, 0.6) is 0 Å². The van der Waals surface area contributed by atoms with E-state index in [9.17, 15) is 9.59 Å². The third kappa shape index (κ3) is 4.55. The van der Waals surface area contributed by atoms with E-state index in [0.29, 0.717) is 17.0 Å². The Balaban J connectivity index is 1.57. The normalized spacial score (nSPS) is 25.2. The van der Waals surface area contributed by atoms with Gasteiger partial charge < -0.3 is 4.90 Å². The van der Waals surface area contributed by atoms with Crippen LogP contribution in [0.2, 0.25) is 0 Å². The summed E-state index contributed by atoms with van der Waals surface area (Å²) in [5.74, 6) is 0.589. The van der Waals surface area contributed by atoms with E-state index < -0.39 is 0 Å². The van der Waals surface area contributed by atoms with E-state index in [1.54, 1.807) is 11.8 Å². The smallest absolute Gasteiger partial charge is 0.268 e. The molecule has 2 fully saturated rings. The number of nitrogens with zero attached hydrogens (tertiary/aromatic N) is 3. The second-order valence-corrected chi connectivity index (χ2v) is 11.1. The van der Waals surface area contributed by atoms with Crippen LogP contribution in [0.15, 0.2) is 14.8 Å². The molecular formula is C22H33N3O2S2. The van der Waals surface area contributed by atoms with Gasteiger partial charge in [-0.25, -0.2) is 4.98 Å². The summed E-state index contributed by atoms with van der Waals surface area (Å²) >= 11 is 3.16. The van der Waals surface area contributed by atoms with Crippen LogP contribution in [0.3, 0.4) is 0 Å². The van der Waals surface area contributed by atoms with Crippen LogP contribution in [0.4, 0.5) is 0 Å². The molecule has 4 rings (SSSR count). The van der Waals surface area contributed by atoms with Crippen molar-refractivity contribution in [1.82, 2.24) is 14.5 Å². The Morgan fingerprint density at radius 3 is 2.69 bits per heavy atom. The van der Waals surface area contributed by atoms with E-state index >= 15 is 0 Å². The first-order valence-electron chi connectivity index (χ1n) is 11.3. The molecule has 1 saturated carbocycles. The number of rotatable bonds is 5. The second-order valence-electron chi connectivity index (χ2n) is 8.70. The number of carbonyl (C=O) groups excluding carboxylic acids is 1. The van der Waals surface area contributed by atoms with Gasteiger partial charge in [0.2, 0.25) is 5.91 Å². The van der Waals surface area contributed by atoms with Gasteiger partial charge in [-0.15, -0.1) is 11.8 Å². The zero-order valence-electron chi connectivity index (χ0n) is 17.7. The number of hydrogen-bond acceptors (Lipinski definition) is 5. The first kappa shape index (κ1) is 21.3. The topological polar surface area (TPSA) is 55.2 Å². The molecule has 2 aliphatic heterocycles. The van der Waals surface area contributed by atoms with E-state index in [2.05, 4.69) is 18.7 Å². The molecule has 5 nitrogen and oxygen atoms in total. The quantitative estimate of drug-likeness (QED) is 0.497. The molecule has 7 heteroatoms. The largest absolute Gasteiger partial charge is 0.339 e. The summed E-state index contributed by atoms with van der Waals surface area (Å²) in [6, 6.07) is 0.615. The minimum absolute atomic E-state index is 0.135. The Bertz CT molecular complexity index is 804. The highest BCUT2D eigenvalue weighted by atomic mass is 32.2. The predicted octanol–water partition coefficient (Wildman–Crippen LogP) is 4.67. The Kier molecular flexibility index (Phi) is 6.94. The number of carbonyl (C=O) groups is 1. The number of thioether (sulfide) groups is 2. The van der Waals surface area contributed by atoms with Crippen LogP contribution in [-0.4, -0.2) is 43.9 Å². The zero-order valence-corrected chi connectivity index (χ0v) is 19.3. The van der Waals surface area contributed by atoms with E-state index in [1.807, 2.05) is 4.57 Å². The fourth-order valence-electron chi connectivity index (χ4n) is 5.04. The predicted molar refractivity (Wildman–Crippen MR) is 120 cm³/mol. The molecule has 0 bridgehead atoms. The molecule has 0 aromatic carbocycles. The molecule has 2 unspecified atom stereocenters. The maximum absolute atomic E-state index is 13.4. The molecule has 160 valence electrons. The van der Waals surface area contributed by atoms with E-state index in [4.69, 9.17) is 4.98 Å². The van der Waals surface area contributed by atoms with Gasteiger partial charge in [-0.1, -0.05) is 44.9 Å². The summed E-state index contributed by atoms with van der Waals surface area (Å²) in [5.41, 5.74) is 1.08. The molecule has 0 spiro atoms. The molecule has 3 aliphatic rings. The van der Waals surface area contributed by atoms with Crippen LogP contribution in [0.1, 0.15) is 83.4 Å². The number of aromatic nitrogens is 2. The molecule has 3 heterocycles. The summed E-state index contributed by atoms with van der Waals surface area (Å²) in [4.78, 5) is 34.2. The fourth-order valence-corrected chi connectivity index (χ4v) is 7.11. The van der Waals surface area contributed by atoms with Crippen molar-refractivity contribution in [3.63, 3.8) is 0 Å². The lowest BCUT2D eigenvalue weighted by Crippen LogP contribution is -2.44. The lowest BCUT2D eigenvalue weighted by molar-refractivity contribution is -0.132. The average molecular weight is 436 g/mol. The molecule has 1 saturated heterocycles. The number of amides is 1. The summed E-state index contributed by atoms with van der Waals surface area (Å²) in [6.07, 6.45) is 11.0. The van der Waals surface area contributed by atoms with Crippen LogP contribution in [0, 0.1) is 0 Å². The number of hydrogen-bond donors (Lipinski definition) is 0. The lowest BCUT2D eigenvalue weighted by Gasteiger charge is -2.35. The van der Waals surface area contributed by atoms with Gasteiger partial charge in [0.15, 0.2) is 5.16 Å². The van der Waals surface area contributed by atoms with E-state index in [-0.39, 0.29) is 17.5 Å². The molecular weight excluding hydrogens is 402 g/mol. The van der Waals surface area contributed by atoms with Crippen molar-refractivity contribution in [2.75, 3.05) is 12.3 Å².